The van der Waals surface area contributed by atoms with Crippen molar-refractivity contribution in [1.29, 1.82) is 0 Å². The summed E-state index contributed by atoms with van der Waals surface area (Å²) in [7, 11) is -7.60. The number of piperidine rings is 1. The van der Waals surface area contributed by atoms with Crippen molar-refractivity contribution in [3.63, 3.8) is 0 Å². The van der Waals surface area contributed by atoms with Gasteiger partial charge in [0, 0.05) is 19.5 Å². The van der Waals surface area contributed by atoms with E-state index in [-0.39, 0.29) is 21.9 Å². The smallest absolute Gasteiger partial charge is 0.303 e. The third kappa shape index (κ3) is 5.38. The Kier molecular flexibility index (Phi) is 6.79. The summed E-state index contributed by atoms with van der Waals surface area (Å²) in [6.07, 6.45) is 2.89. The van der Waals surface area contributed by atoms with Crippen LogP contribution in [0.1, 0.15) is 31.2 Å². The molecule has 162 valence electrons. The van der Waals surface area contributed by atoms with Gasteiger partial charge in [-0.3, -0.25) is 9.52 Å². The summed E-state index contributed by atoms with van der Waals surface area (Å²) in [5, 5.41) is 8.73. The summed E-state index contributed by atoms with van der Waals surface area (Å²) in [6, 6.07) is 11.7. The normalized spacial score (nSPS) is 15.6. The summed E-state index contributed by atoms with van der Waals surface area (Å²) in [6.45, 7) is 0.930. The molecule has 0 amide bonds. The number of rotatable bonds is 8. The predicted octanol–water partition coefficient (Wildman–Crippen LogP) is 2.68. The van der Waals surface area contributed by atoms with Crippen LogP contribution in [0.2, 0.25) is 0 Å². The van der Waals surface area contributed by atoms with Crippen molar-refractivity contribution in [3.8, 4) is 0 Å². The maximum atomic E-state index is 12.8. The minimum Gasteiger partial charge on any atom is -0.481 e. The fourth-order valence-corrected chi connectivity index (χ4v) is 5.89. The summed E-state index contributed by atoms with van der Waals surface area (Å²) >= 11 is 0. The van der Waals surface area contributed by atoms with Crippen molar-refractivity contribution in [1.82, 2.24) is 4.31 Å². The highest BCUT2D eigenvalue weighted by molar-refractivity contribution is 7.92. The van der Waals surface area contributed by atoms with E-state index < -0.39 is 26.0 Å². The number of aliphatic carboxylic acids is 1. The molecule has 1 aliphatic rings. The van der Waals surface area contributed by atoms with Crippen LogP contribution in [0.5, 0.6) is 0 Å². The van der Waals surface area contributed by atoms with Crippen molar-refractivity contribution in [3.05, 3.63) is 54.1 Å². The topological polar surface area (TPSA) is 121 Å². The molecule has 30 heavy (non-hydrogen) atoms. The van der Waals surface area contributed by atoms with Crippen LogP contribution in [0.25, 0.3) is 0 Å². The van der Waals surface area contributed by atoms with Gasteiger partial charge in [-0.25, -0.2) is 16.8 Å². The number of carbonyl (C=O) groups is 1. The quantitative estimate of drug-likeness (QED) is 0.635. The van der Waals surface area contributed by atoms with E-state index in [0.29, 0.717) is 25.1 Å². The van der Waals surface area contributed by atoms with Gasteiger partial charge in [-0.2, -0.15) is 4.31 Å². The van der Waals surface area contributed by atoms with E-state index in [4.69, 9.17) is 5.11 Å². The van der Waals surface area contributed by atoms with Crippen molar-refractivity contribution in [2.45, 2.75) is 41.9 Å². The molecule has 0 atom stereocenters. The van der Waals surface area contributed by atoms with Crippen molar-refractivity contribution >= 4 is 31.7 Å². The van der Waals surface area contributed by atoms with Crippen LogP contribution in [0.4, 0.5) is 5.69 Å². The Labute approximate surface area is 176 Å². The first kappa shape index (κ1) is 22.3. The van der Waals surface area contributed by atoms with Crippen LogP contribution in [-0.4, -0.2) is 45.3 Å². The van der Waals surface area contributed by atoms with Crippen LogP contribution in [0.3, 0.4) is 0 Å². The molecule has 0 spiro atoms. The highest BCUT2D eigenvalue weighted by Gasteiger charge is 2.26. The van der Waals surface area contributed by atoms with Gasteiger partial charge in [0.25, 0.3) is 10.0 Å². The molecule has 1 heterocycles. The van der Waals surface area contributed by atoms with Crippen LogP contribution in [0, 0.1) is 0 Å². The first-order valence-corrected chi connectivity index (χ1v) is 12.5. The molecule has 3 rings (SSSR count). The van der Waals surface area contributed by atoms with Gasteiger partial charge in [0.2, 0.25) is 10.0 Å². The molecule has 2 N–H and O–H groups in total. The number of hydrogen-bond donors (Lipinski definition) is 2. The van der Waals surface area contributed by atoms with E-state index in [1.165, 1.54) is 40.7 Å². The summed E-state index contributed by atoms with van der Waals surface area (Å²) in [5.74, 6) is -0.923. The highest BCUT2D eigenvalue weighted by Crippen LogP contribution is 2.24. The van der Waals surface area contributed by atoms with E-state index in [2.05, 4.69) is 4.72 Å². The molecule has 0 radical (unpaired) electrons. The van der Waals surface area contributed by atoms with E-state index in [9.17, 15) is 21.6 Å². The molecule has 0 saturated carbocycles. The SMILES string of the molecule is O=C(O)CCc1ccc(S(=O)(=O)Nc2cccc(S(=O)(=O)N3CCCCC3)c2)cc1. The fraction of sp³-hybridized carbons (Fsp3) is 0.350. The minimum atomic E-state index is -3.92. The van der Waals surface area contributed by atoms with Gasteiger partial charge in [-0.1, -0.05) is 24.6 Å². The highest BCUT2D eigenvalue weighted by atomic mass is 32.2. The second-order valence-corrected chi connectivity index (χ2v) is 10.8. The van der Waals surface area contributed by atoms with Crippen LogP contribution < -0.4 is 4.72 Å². The number of nitrogens with one attached hydrogen (secondary N) is 1. The summed E-state index contributed by atoms with van der Waals surface area (Å²) < 4.78 is 54.9. The van der Waals surface area contributed by atoms with Gasteiger partial charge < -0.3 is 5.11 Å². The van der Waals surface area contributed by atoms with E-state index in [1.807, 2.05) is 0 Å². The Balaban J connectivity index is 1.77. The maximum Gasteiger partial charge on any atom is 0.303 e. The molecule has 1 saturated heterocycles. The average molecular weight is 453 g/mol. The molecular formula is C20H24N2O6S2. The first-order valence-electron chi connectivity index (χ1n) is 9.62. The van der Waals surface area contributed by atoms with Crippen molar-refractivity contribution in [2.75, 3.05) is 17.8 Å². The Bertz CT molecular complexity index is 1110. The van der Waals surface area contributed by atoms with Gasteiger partial charge in [0.05, 0.1) is 15.5 Å². The monoisotopic (exact) mass is 452 g/mol. The molecule has 0 unspecified atom stereocenters. The molecule has 2 aromatic rings. The minimum absolute atomic E-state index is 0.00543. The zero-order valence-electron chi connectivity index (χ0n) is 16.3. The second kappa shape index (κ2) is 9.15. The molecule has 8 nitrogen and oxygen atoms in total. The molecule has 0 bridgehead atoms. The third-order valence-electron chi connectivity index (χ3n) is 4.90. The number of sulfonamides is 2. The van der Waals surface area contributed by atoms with Crippen LogP contribution in [0.15, 0.2) is 58.3 Å². The Morgan fingerprint density at radius 1 is 0.933 bits per heavy atom. The zero-order valence-corrected chi connectivity index (χ0v) is 18.0. The van der Waals surface area contributed by atoms with Crippen molar-refractivity contribution < 1.29 is 26.7 Å². The Morgan fingerprint density at radius 2 is 1.60 bits per heavy atom. The van der Waals surface area contributed by atoms with Gasteiger partial charge in [-0.05, 0) is 55.2 Å². The molecule has 0 aromatic heterocycles. The average Bonchev–Trinajstić information content (AvgIpc) is 2.73. The fourth-order valence-electron chi connectivity index (χ4n) is 3.27. The number of anilines is 1. The number of carboxylic acids is 1. The van der Waals surface area contributed by atoms with Gasteiger partial charge >= 0.3 is 5.97 Å². The van der Waals surface area contributed by atoms with Gasteiger partial charge in [0.1, 0.15) is 0 Å². The lowest BCUT2D eigenvalue weighted by molar-refractivity contribution is -0.136. The predicted molar refractivity (Wildman–Crippen MR) is 112 cm³/mol. The van der Waals surface area contributed by atoms with E-state index in [0.717, 1.165) is 19.3 Å². The van der Waals surface area contributed by atoms with Gasteiger partial charge in [-0.15, -0.1) is 0 Å². The summed E-state index contributed by atoms with van der Waals surface area (Å²) in [4.78, 5) is 10.7. The number of carboxylic acid groups (broad SMARTS) is 1. The molecule has 0 aliphatic carbocycles. The lowest BCUT2D eigenvalue weighted by Gasteiger charge is -2.26. The van der Waals surface area contributed by atoms with Gasteiger partial charge in [0.15, 0.2) is 0 Å². The Hall–Kier alpha value is -2.43. The molecule has 10 heteroatoms. The number of benzene rings is 2. The number of nitrogens with zero attached hydrogens (tertiary/aromatic N) is 1. The molecule has 2 aromatic carbocycles. The number of aryl methyl sites for hydroxylation is 1. The van der Waals surface area contributed by atoms with Crippen LogP contribution in [-0.2, 0) is 31.3 Å². The van der Waals surface area contributed by atoms with Crippen molar-refractivity contribution in [2.24, 2.45) is 0 Å². The van der Waals surface area contributed by atoms with Crippen LogP contribution >= 0.6 is 0 Å². The molecular weight excluding hydrogens is 428 g/mol. The Morgan fingerprint density at radius 3 is 2.23 bits per heavy atom. The summed E-state index contributed by atoms with van der Waals surface area (Å²) in [5.41, 5.74) is 0.869. The first-order chi connectivity index (χ1) is 14.2. The molecule has 1 fully saturated rings. The third-order valence-corrected chi connectivity index (χ3v) is 8.19. The largest absolute Gasteiger partial charge is 0.481 e. The lowest BCUT2D eigenvalue weighted by atomic mass is 10.1. The molecule has 1 aliphatic heterocycles. The zero-order chi connectivity index (χ0) is 21.8. The standard InChI is InChI=1S/C20H24N2O6S2/c23-20(24)12-9-16-7-10-18(11-8-16)29(25,26)21-17-5-4-6-19(15-17)30(27,28)22-13-2-1-3-14-22/h4-8,10-11,15,21H,1-3,9,12-14H2,(H,23,24). The number of hydrogen-bond acceptors (Lipinski definition) is 5. The second-order valence-electron chi connectivity index (χ2n) is 7.14. The van der Waals surface area contributed by atoms with E-state index in [1.54, 1.807) is 12.1 Å². The lowest BCUT2D eigenvalue weighted by Crippen LogP contribution is -2.35. The maximum absolute atomic E-state index is 12.8. The van der Waals surface area contributed by atoms with E-state index >= 15 is 0 Å².